The molecule has 0 saturated carbocycles. The molecule has 0 fully saturated rings. The lowest BCUT2D eigenvalue weighted by molar-refractivity contribution is -0.137. The van der Waals surface area contributed by atoms with Gasteiger partial charge in [-0.3, -0.25) is 9.59 Å². The Balaban J connectivity index is 1.96. The van der Waals surface area contributed by atoms with Crippen LogP contribution >= 0.6 is 11.6 Å². The maximum Gasteiger partial charge on any atom is 0.417 e. The summed E-state index contributed by atoms with van der Waals surface area (Å²) in [4.78, 5) is 24.0. The van der Waals surface area contributed by atoms with Crippen LogP contribution in [-0.2, 0) is 15.8 Å². The van der Waals surface area contributed by atoms with Gasteiger partial charge in [-0.1, -0.05) is 35.4 Å². The van der Waals surface area contributed by atoms with Crippen LogP contribution in [0.2, 0.25) is 5.02 Å². The molecule has 0 atom stereocenters. The zero-order valence-electron chi connectivity index (χ0n) is 16.1. The van der Waals surface area contributed by atoms with Gasteiger partial charge in [0, 0.05) is 11.8 Å². The highest BCUT2D eigenvalue weighted by Crippen LogP contribution is 2.35. The topological polar surface area (TPSA) is 58.2 Å². The van der Waals surface area contributed by atoms with E-state index in [1.54, 1.807) is 0 Å². The molecule has 8 heteroatoms. The van der Waals surface area contributed by atoms with Crippen molar-refractivity contribution < 1.29 is 22.8 Å². The van der Waals surface area contributed by atoms with Crippen LogP contribution in [-0.4, -0.2) is 18.4 Å². The summed E-state index contributed by atoms with van der Waals surface area (Å²) in [6.07, 6.45) is -2.32. The fourth-order valence-electron chi connectivity index (χ4n) is 2.82. The molecule has 0 unspecified atom stereocenters. The Bertz CT molecular complexity index is 946. The first kappa shape index (κ1) is 22.5. The minimum absolute atomic E-state index is 0.159. The molecule has 0 heterocycles. The first-order valence-corrected chi connectivity index (χ1v) is 9.05. The molecule has 2 rings (SSSR count). The number of anilines is 1. The maximum atomic E-state index is 12.9. The molecular formula is C21H20ClF3N2O2. The number of amides is 2. The van der Waals surface area contributed by atoms with Gasteiger partial charge in [-0.15, -0.1) is 0 Å². The minimum Gasteiger partial charge on any atom is -0.343 e. The third kappa shape index (κ3) is 6.35. The normalized spacial score (nSPS) is 11.6. The van der Waals surface area contributed by atoms with E-state index >= 15 is 0 Å². The number of carbonyl (C=O) groups excluding carboxylic acids is 2. The molecule has 2 amide bonds. The van der Waals surface area contributed by atoms with Crippen LogP contribution in [0, 0.1) is 20.8 Å². The van der Waals surface area contributed by atoms with Crippen molar-refractivity contribution in [3.63, 3.8) is 0 Å². The highest BCUT2D eigenvalue weighted by atomic mass is 35.5. The van der Waals surface area contributed by atoms with E-state index in [1.807, 2.05) is 32.9 Å². The van der Waals surface area contributed by atoms with Crippen LogP contribution < -0.4 is 10.6 Å². The summed E-state index contributed by atoms with van der Waals surface area (Å²) in [6.45, 7) is 5.43. The molecule has 2 N–H and O–H groups in total. The third-order valence-electron chi connectivity index (χ3n) is 4.09. The zero-order valence-corrected chi connectivity index (χ0v) is 16.8. The van der Waals surface area contributed by atoms with Crippen molar-refractivity contribution in [2.45, 2.75) is 26.9 Å². The molecule has 0 bridgehead atoms. The smallest absolute Gasteiger partial charge is 0.343 e. The summed E-state index contributed by atoms with van der Waals surface area (Å²) in [5, 5.41) is 4.72. The zero-order chi connectivity index (χ0) is 21.8. The first-order chi connectivity index (χ1) is 13.5. The van der Waals surface area contributed by atoms with E-state index in [0.717, 1.165) is 34.9 Å². The molecule has 0 aliphatic rings. The number of carbonyl (C=O) groups is 2. The van der Waals surface area contributed by atoms with Gasteiger partial charge >= 0.3 is 6.18 Å². The molecule has 2 aromatic carbocycles. The lowest BCUT2D eigenvalue weighted by Crippen LogP contribution is -2.32. The van der Waals surface area contributed by atoms with Gasteiger partial charge < -0.3 is 10.6 Å². The van der Waals surface area contributed by atoms with Crippen LogP contribution in [0.5, 0.6) is 0 Å². The Labute approximate surface area is 171 Å². The van der Waals surface area contributed by atoms with Gasteiger partial charge in [0.05, 0.1) is 17.1 Å². The average Bonchev–Trinajstić information content (AvgIpc) is 2.61. The number of benzene rings is 2. The van der Waals surface area contributed by atoms with Crippen molar-refractivity contribution >= 4 is 35.2 Å². The van der Waals surface area contributed by atoms with Crippen molar-refractivity contribution in [1.29, 1.82) is 0 Å². The number of rotatable bonds is 5. The van der Waals surface area contributed by atoms with E-state index in [-0.39, 0.29) is 12.1 Å². The molecule has 0 aliphatic heterocycles. The number of halogens is 4. The quantitative estimate of drug-likeness (QED) is 0.660. The second kappa shape index (κ2) is 9.13. The molecule has 0 aromatic heterocycles. The minimum atomic E-state index is -4.59. The van der Waals surface area contributed by atoms with Crippen molar-refractivity contribution in [3.05, 3.63) is 69.2 Å². The van der Waals surface area contributed by atoms with Crippen molar-refractivity contribution in [2.75, 3.05) is 11.9 Å². The fourth-order valence-corrected chi connectivity index (χ4v) is 3.05. The summed E-state index contributed by atoms with van der Waals surface area (Å²) in [7, 11) is 0. The molecule has 0 radical (unpaired) electrons. The molecule has 0 aliphatic carbocycles. The molecule has 29 heavy (non-hydrogen) atoms. The van der Waals surface area contributed by atoms with Gasteiger partial charge in [-0.2, -0.15) is 13.2 Å². The third-order valence-corrected chi connectivity index (χ3v) is 4.42. The lowest BCUT2D eigenvalue weighted by Gasteiger charge is -2.13. The highest BCUT2D eigenvalue weighted by molar-refractivity contribution is 6.31. The largest absolute Gasteiger partial charge is 0.417 e. The summed E-state index contributed by atoms with van der Waals surface area (Å²) in [5.41, 5.74) is 2.76. The summed E-state index contributed by atoms with van der Waals surface area (Å²) in [5.74, 6) is -1.02. The second-order valence-corrected chi connectivity index (χ2v) is 7.02. The molecule has 0 spiro atoms. The first-order valence-electron chi connectivity index (χ1n) is 8.67. The van der Waals surface area contributed by atoms with E-state index in [4.69, 9.17) is 11.6 Å². The standard InChI is InChI=1S/C21H20ClF3N2O2/c1-12-8-13(2)20(14(3)9-12)27-19(29)11-26-18(28)7-5-15-4-6-17(22)16(10-15)21(23,24)25/h4-10H,11H2,1-3H3,(H,26,28)(H,27,29)/b7-5+. The lowest BCUT2D eigenvalue weighted by atomic mass is 10.1. The van der Waals surface area contributed by atoms with E-state index in [2.05, 4.69) is 10.6 Å². The molecule has 0 saturated heterocycles. The van der Waals surface area contributed by atoms with E-state index in [1.165, 1.54) is 12.1 Å². The van der Waals surface area contributed by atoms with E-state index in [0.29, 0.717) is 5.69 Å². The number of aryl methyl sites for hydroxylation is 3. The second-order valence-electron chi connectivity index (χ2n) is 6.61. The Morgan fingerprint density at radius 3 is 2.28 bits per heavy atom. The van der Waals surface area contributed by atoms with Gasteiger partial charge in [0.2, 0.25) is 11.8 Å². The van der Waals surface area contributed by atoms with Gasteiger partial charge in [-0.05, 0) is 55.7 Å². The van der Waals surface area contributed by atoms with Gasteiger partial charge in [0.25, 0.3) is 0 Å². The van der Waals surface area contributed by atoms with Crippen LogP contribution in [0.3, 0.4) is 0 Å². The Morgan fingerprint density at radius 2 is 1.69 bits per heavy atom. The predicted octanol–water partition coefficient (Wildman–Crippen LogP) is 5.05. The molecule has 2 aromatic rings. The number of hydrogen-bond acceptors (Lipinski definition) is 2. The number of hydrogen-bond donors (Lipinski definition) is 2. The summed E-state index contributed by atoms with van der Waals surface area (Å²) in [6, 6.07) is 7.19. The summed E-state index contributed by atoms with van der Waals surface area (Å²) >= 11 is 5.56. The van der Waals surface area contributed by atoms with Crippen LogP contribution in [0.4, 0.5) is 18.9 Å². The SMILES string of the molecule is Cc1cc(C)c(NC(=O)CNC(=O)/C=C/c2ccc(Cl)c(C(F)(F)F)c2)c(C)c1. The monoisotopic (exact) mass is 424 g/mol. The average molecular weight is 425 g/mol. The van der Waals surface area contributed by atoms with Crippen molar-refractivity contribution in [3.8, 4) is 0 Å². The van der Waals surface area contributed by atoms with Gasteiger partial charge in [0.15, 0.2) is 0 Å². The maximum absolute atomic E-state index is 12.9. The van der Waals surface area contributed by atoms with E-state index in [9.17, 15) is 22.8 Å². The fraction of sp³-hybridized carbons (Fsp3) is 0.238. The van der Waals surface area contributed by atoms with Gasteiger partial charge in [-0.25, -0.2) is 0 Å². The van der Waals surface area contributed by atoms with Crippen molar-refractivity contribution in [2.24, 2.45) is 0 Å². The predicted molar refractivity (Wildman–Crippen MR) is 108 cm³/mol. The Kier molecular flexibility index (Phi) is 7.08. The van der Waals surface area contributed by atoms with Crippen LogP contribution in [0.25, 0.3) is 6.08 Å². The molecule has 4 nitrogen and oxygen atoms in total. The van der Waals surface area contributed by atoms with Crippen molar-refractivity contribution in [1.82, 2.24) is 5.32 Å². The Morgan fingerprint density at radius 1 is 1.07 bits per heavy atom. The van der Waals surface area contributed by atoms with Gasteiger partial charge in [0.1, 0.15) is 0 Å². The Hall–Kier alpha value is -2.80. The number of nitrogens with one attached hydrogen (secondary N) is 2. The molecular weight excluding hydrogens is 405 g/mol. The molecule has 154 valence electrons. The van der Waals surface area contributed by atoms with E-state index < -0.39 is 28.6 Å². The highest BCUT2D eigenvalue weighted by Gasteiger charge is 2.33. The van der Waals surface area contributed by atoms with Crippen LogP contribution in [0.15, 0.2) is 36.4 Å². The van der Waals surface area contributed by atoms with Crippen LogP contribution in [0.1, 0.15) is 27.8 Å². The summed E-state index contributed by atoms with van der Waals surface area (Å²) < 4.78 is 38.6. The number of alkyl halides is 3.